The van der Waals surface area contributed by atoms with Crippen molar-refractivity contribution in [1.82, 2.24) is 4.98 Å². The summed E-state index contributed by atoms with van der Waals surface area (Å²) >= 11 is 2.28. The highest BCUT2D eigenvalue weighted by Gasteiger charge is 2.20. The number of aromatic nitrogens is 1. The molecule has 2 aromatic rings. The van der Waals surface area contributed by atoms with E-state index in [1.165, 1.54) is 11.8 Å². The third-order valence-electron chi connectivity index (χ3n) is 3.11. The van der Waals surface area contributed by atoms with E-state index in [1.807, 2.05) is 0 Å². The zero-order valence-electron chi connectivity index (χ0n) is 14.1. The van der Waals surface area contributed by atoms with Crippen molar-refractivity contribution in [3.63, 3.8) is 0 Å². The molecule has 0 saturated carbocycles. The lowest BCUT2D eigenvalue weighted by molar-refractivity contribution is -0.385. The molecule has 0 spiro atoms. The van der Waals surface area contributed by atoms with Gasteiger partial charge in [-0.05, 0) is 13.0 Å². The summed E-state index contributed by atoms with van der Waals surface area (Å²) in [6, 6.07) is 2.92. The van der Waals surface area contributed by atoms with Crippen molar-refractivity contribution in [2.75, 3.05) is 17.3 Å². The molecule has 144 valence electrons. The van der Waals surface area contributed by atoms with Crippen LogP contribution in [0.2, 0.25) is 0 Å². The summed E-state index contributed by atoms with van der Waals surface area (Å²) in [5.41, 5.74) is 4.96. The highest BCUT2D eigenvalue weighted by Crippen LogP contribution is 2.32. The number of hydrogen-bond acceptors (Lipinski definition) is 9. The van der Waals surface area contributed by atoms with Crippen LogP contribution in [-0.4, -0.2) is 42.1 Å². The third-order valence-corrected chi connectivity index (χ3v) is 6.66. The number of rotatable bonds is 7. The van der Waals surface area contributed by atoms with Gasteiger partial charge in [0.05, 0.1) is 25.5 Å². The lowest BCUT2D eigenvalue weighted by Crippen LogP contribution is -2.13. The first kappa shape index (κ1) is 20.8. The van der Waals surface area contributed by atoms with Gasteiger partial charge in [0.2, 0.25) is 5.91 Å². The van der Waals surface area contributed by atoms with Crippen LogP contribution in [0.25, 0.3) is 0 Å². The van der Waals surface area contributed by atoms with E-state index in [2.05, 4.69) is 10.3 Å². The van der Waals surface area contributed by atoms with Crippen LogP contribution >= 0.6 is 23.1 Å². The largest absolute Gasteiger partial charge is 0.369 e. The van der Waals surface area contributed by atoms with Gasteiger partial charge in [0, 0.05) is 24.0 Å². The number of carbonyl (C=O) groups is 2. The molecule has 1 heterocycles. The first-order chi connectivity index (χ1) is 12.5. The molecular weight excluding hydrogens is 416 g/mol. The Labute approximate surface area is 162 Å². The van der Waals surface area contributed by atoms with Crippen molar-refractivity contribution >= 4 is 55.6 Å². The van der Waals surface area contributed by atoms with Gasteiger partial charge in [-0.2, -0.15) is 0 Å². The zero-order valence-corrected chi connectivity index (χ0v) is 16.5. The Bertz CT molecular complexity index is 1030. The average molecular weight is 430 g/mol. The molecule has 1 aromatic heterocycles. The van der Waals surface area contributed by atoms with Crippen LogP contribution < -0.4 is 11.1 Å². The minimum absolute atomic E-state index is 0.0546. The van der Waals surface area contributed by atoms with E-state index in [4.69, 9.17) is 5.73 Å². The molecule has 0 atom stereocenters. The Kier molecular flexibility index (Phi) is 6.18. The molecule has 0 aliphatic rings. The lowest BCUT2D eigenvalue weighted by atomic mass is 10.2. The highest BCUT2D eigenvalue weighted by atomic mass is 32.2. The fraction of sp³-hybridized carbons (Fsp3) is 0.214. The number of non-ortho nitro benzene ring substituents is 1. The van der Waals surface area contributed by atoms with Gasteiger partial charge in [0.1, 0.15) is 0 Å². The van der Waals surface area contributed by atoms with E-state index < -0.39 is 32.3 Å². The number of nitro groups is 1. The highest BCUT2D eigenvalue weighted by molar-refractivity contribution is 8.01. The number of nitrogens with one attached hydrogen (secondary N) is 1. The van der Waals surface area contributed by atoms with Crippen LogP contribution in [-0.2, 0) is 14.6 Å². The predicted octanol–water partition coefficient (Wildman–Crippen LogP) is 1.59. The third kappa shape index (κ3) is 5.48. The standard InChI is InChI=1S/C14H14N4O6S3/c1-7-13(25-6-11(15)19)26-14(16-7)17-12(20)8-3-9(18(21)22)5-10(4-8)27(2,23)24/h3-5H,6H2,1-2H3,(H2,15,19)(H,16,17,20). The second-order valence-corrected chi connectivity index (χ2v) is 9.60. The fourth-order valence-electron chi connectivity index (χ4n) is 1.91. The van der Waals surface area contributed by atoms with E-state index in [-0.39, 0.29) is 21.3 Å². The topological polar surface area (TPSA) is 162 Å². The quantitative estimate of drug-likeness (QED) is 0.380. The van der Waals surface area contributed by atoms with Gasteiger partial charge in [-0.25, -0.2) is 13.4 Å². The number of anilines is 1. The minimum atomic E-state index is -3.75. The van der Waals surface area contributed by atoms with Gasteiger partial charge in [-0.1, -0.05) is 11.3 Å². The van der Waals surface area contributed by atoms with Gasteiger partial charge in [-0.15, -0.1) is 11.8 Å². The van der Waals surface area contributed by atoms with Crippen molar-refractivity contribution in [1.29, 1.82) is 0 Å². The smallest absolute Gasteiger partial charge is 0.271 e. The van der Waals surface area contributed by atoms with Crippen molar-refractivity contribution in [2.24, 2.45) is 5.73 Å². The van der Waals surface area contributed by atoms with Gasteiger partial charge in [-0.3, -0.25) is 25.0 Å². The number of benzene rings is 1. The van der Waals surface area contributed by atoms with Gasteiger partial charge < -0.3 is 5.73 Å². The molecule has 13 heteroatoms. The Morgan fingerprint density at radius 1 is 1.37 bits per heavy atom. The van der Waals surface area contributed by atoms with E-state index in [1.54, 1.807) is 6.92 Å². The maximum Gasteiger partial charge on any atom is 0.271 e. The molecule has 0 fully saturated rings. The fourth-order valence-corrected chi connectivity index (χ4v) is 4.46. The summed E-state index contributed by atoms with van der Waals surface area (Å²) in [6.07, 6.45) is 0.889. The number of amides is 2. The van der Waals surface area contributed by atoms with E-state index in [0.29, 0.717) is 9.90 Å². The molecule has 0 radical (unpaired) electrons. The van der Waals surface area contributed by atoms with Crippen molar-refractivity contribution in [3.05, 3.63) is 39.6 Å². The molecule has 0 unspecified atom stereocenters. The zero-order chi connectivity index (χ0) is 20.4. The number of sulfone groups is 1. The van der Waals surface area contributed by atoms with Crippen LogP contribution in [0, 0.1) is 17.0 Å². The van der Waals surface area contributed by atoms with Crippen molar-refractivity contribution < 1.29 is 22.9 Å². The summed E-state index contributed by atoms with van der Waals surface area (Å²) in [4.78, 5) is 37.3. The number of thioether (sulfide) groups is 1. The summed E-state index contributed by atoms with van der Waals surface area (Å²) in [5, 5.41) is 13.7. The van der Waals surface area contributed by atoms with Crippen LogP contribution in [0.5, 0.6) is 0 Å². The summed E-state index contributed by atoms with van der Waals surface area (Å²) in [7, 11) is -3.75. The SMILES string of the molecule is Cc1nc(NC(=O)c2cc([N+](=O)[O-])cc(S(C)(=O)=O)c2)sc1SCC(N)=O. The van der Waals surface area contributed by atoms with Gasteiger partial charge >= 0.3 is 0 Å². The number of nitro benzene ring substituents is 1. The molecule has 2 amide bonds. The molecule has 0 bridgehead atoms. The Hall–Kier alpha value is -2.51. The van der Waals surface area contributed by atoms with Gasteiger partial charge in [0.15, 0.2) is 15.0 Å². The molecular formula is C14H14N4O6S3. The number of aryl methyl sites for hydroxylation is 1. The summed E-state index contributed by atoms with van der Waals surface area (Å²) in [6.45, 7) is 1.69. The Balaban J connectivity index is 2.30. The molecule has 2 rings (SSSR count). The lowest BCUT2D eigenvalue weighted by Gasteiger charge is -2.05. The second kappa shape index (κ2) is 8.02. The number of carbonyl (C=O) groups excluding carboxylic acids is 2. The van der Waals surface area contributed by atoms with Gasteiger partial charge in [0.25, 0.3) is 11.6 Å². The monoisotopic (exact) mass is 430 g/mol. The van der Waals surface area contributed by atoms with E-state index in [0.717, 1.165) is 35.8 Å². The van der Waals surface area contributed by atoms with E-state index >= 15 is 0 Å². The number of hydrogen-bond donors (Lipinski definition) is 2. The van der Waals surface area contributed by atoms with E-state index in [9.17, 15) is 28.1 Å². The normalized spacial score (nSPS) is 11.2. The molecule has 3 N–H and O–H groups in total. The predicted molar refractivity (Wildman–Crippen MR) is 101 cm³/mol. The molecule has 0 aliphatic heterocycles. The maximum atomic E-state index is 12.4. The number of nitrogens with two attached hydrogens (primary N) is 1. The van der Waals surface area contributed by atoms with Crippen molar-refractivity contribution in [3.8, 4) is 0 Å². The summed E-state index contributed by atoms with van der Waals surface area (Å²) in [5.74, 6) is -1.19. The molecule has 27 heavy (non-hydrogen) atoms. The summed E-state index contributed by atoms with van der Waals surface area (Å²) < 4.78 is 24.1. The Morgan fingerprint density at radius 3 is 2.59 bits per heavy atom. The second-order valence-electron chi connectivity index (χ2n) is 5.35. The maximum absolute atomic E-state index is 12.4. The van der Waals surface area contributed by atoms with Crippen LogP contribution in [0.4, 0.5) is 10.8 Å². The van der Waals surface area contributed by atoms with Crippen LogP contribution in [0.15, 0.2) is 27.3 Å². The molecule has 0 aliphatic carbocycles. The molecule has 1 aromatic carbocycles. The van der Waals surface area contributed by atoms with Crippen molar-refractivity contribution in [2.45, 2.75) is 16.0 Å². The van der Waals surface area contributed by atoms with Crippen LogP contribution in [0.1, 0.15) is 16.1 Å². The molecule has 10 nitrogen and oxygen atoms in total. The number of nitrogens with zero attached hydrogens (tertiary/aromatic N) is 2. The van der Waals surface area contributed by atoms with Crippen LogP contribution in [0.3, 0.4) is 0 Å². The molecule has 0 saturated heterocycles. The minimum Gasteiger partial charge on any atom is -0.369 e. The Morgan fingerprint density at radius 2 is 2.04 bits per heavy atom. The number of primary amides is 1. The average Bonchev–Trinajstić information content (AvgIpc) is 2.91. The first-order valence-electron chi connectivity index (χ1n) is 7.17. The number of thiazole rings is 1. The first-order valence-corrected chi connectivity index (χ1v) is 10.9.